The molecule has 0 saturated carbocycles. The van der Waals surface area contributed by atoms with Crippen molar-refractivity contribution < 1.29 is 0 Å². The third-order valence-corrected chi connectivity index (χ3v) is 3.23. The van der Waals surface area contributed by atoms with E-state index in [-0.39, 0.29) is 5.54 Å². The third-order valence-electron chi connectivity index (χ3n) is 3.23. The van der Waals surface area contributed by atoms with Gasteiger partial charge in [-0.25, -0.2) is 0 Å². The minimum Gasteiger partial charge on any atom is -0.330 e. The van der Waals surface area contributed by atoms with Gasteiger partial charge in [0.1, 0.15) is 0 Å². The monoisotopic (exact) mass is 214 g/mol. The third kappa shape index (κ3) is 3.72. The van der Waals surface area contributed by atoms with E-state index >= 15 is 0 Å². The van der Waals surface area contributed by atoms with Gasteiger partial charge in [-0.05, 0) is 33.4 Å². The molecule has 0 amide bonds. The van der Waals surface area contributed by atoms with E-state index in [1.54, 1.807) is 0 Å². The van der Waals surface area contributed by atoms with Crippen LogP contribution in [0.5, 0.6) is 0 Å². The Hall–Kier alpha value is -0.160. The zero-order valence-corrected chi connectivity index (χ0v) is 10.2. The Morgan fingerprint density at radius 2 is 1.80 bits per heavy atom. The van der Waals surface area contributed by atoms with Gasteiger partial charge in [0, 0.05) is 38.3 Å². The fourth-order valence-corrected chi connectivity index (χ4v) is 2.37. The van der Waals surface area contributed by atoms with Crippen LogP contribution in [0.25, 0.3) is 0 Å². The maximum Gasteiger partial charge on any atom is 0.0281 e. The molecule has 0 spiro atoms. The standard InChI is InChI=1S/C11H26N4/c1-11(2)10-14(6-3-4-12)8-9-15(11)7-5-13/h3-10,12-13H2,1-2H3. The SMILES string of the molecule is CC1(C)CN(CCCN)CCN1CCN. The molecule has 4 N–H and O–H groups in total. The van der Waals surface area contributed by atoms with E-state index in [1.807, 2.05) is 0 Å². The first-order chi connectivity index (χ1) is 7.10. The van der Waals surface area contributed by atoms with Crippen molar-refractivity contribution in [2.24, 2.45) is 11.5 Å². The summed E-state index contributed by atoms with van der Waals surface area (Å²) in [6.45, 7) is 11.7. The Morgan fingerprint density at radius 1 is 1.07 bits per heavy atom. The summed E-state index contributed by atoms with van der Waals surface area (Å²) in [5.74, 6) is 0. The maximum atomic E-state index is 5.62. The average molecular weight is 214 g/mol. The van der Waals surface area contributed by atoms with Gasteiger partial charge in [-0.3, -0.25) is 4.90 Å². The second-order valence-corrected chi connectivity index (χ2v) is 5.01. The van der Waals surface area contributed by atoms with Gasteiger partial charge >= 0.3 is 0 Å². The fraction of sp³-hybridized carbons (Fsp3) is 1.00. The van der Waals surface area contributed by atoms with E-state index in [2.05, 4.69) is 23.6 Å². The lowest BCUT2D eigenvalue weighted by molar-refractivity contribution is 0.0221. The van der Waals surface area contributed by atoms with Crippen LogP contribution in [0, 0.1) is 0 Å². The van der Waals surface area contributed by atoms with Crippen LogP contribution >= 0.6 is 0 Å². The molecule has 0 aromatic rings. The van der Waals surface area contributed by atoms with Crippen molar-refractivity contribution in [2.45, 2.75) is 25.8 Å². The number of piperazine rings is 1. The number of nitrogens with two attached hydrogens (primary N) is 2. The summed E-state index contributed by atoms with van der Waals surface area (Å²) in [5.41, 5.74) is 11.4. The summed E-state index contributed by atoms with van der Waals surface area (Å²) in [5, 5.41) is 0. The molecule has 1 saturated heterocycles. The van der Waals surface area contributed by atoms with Crippen molar-refractivity contribution in [1.82, 2.24) is 9.80 Å². The van der Waals surface area contributed by atoms with E-state index in [0.29, 0.717) is 0 Å². The first kappa shape index (κ1) is 12.9. The molecule has 90 valence electrons. The van der Waals surface area contributed by atoms with Crippen molar-refractivity contribution in [2.75, 3.05) is 45.8 Å². The molecular weight excluding hydrogens is 188 g/mol. The summed E-state index contributed by atoms with van der Waals surface area (Å²) in [7, 11) is 0. The van der Waals surface area contributed by atoms with Gasteiger partial charge in [-0.1, -0.05) is 0 Å². The van der Waals surface area contributed by atoms with Crippen molar-refractivity contribution >= 4 is 0 Å². The van der Waals surface area contributed by atoms with Crippen LogP contribution in [-0.2, 0) is 0 Å². The summed E-state index contributed by atoms with van der Waals surface area (Å²) in [6.07, 6.45) is 1.10. The number of hydrogen-bond donors (Lipinski definition) is 2. The Bertz CT molecular complexity index is 181. The van der Waals surface area contributed by atoms with Crippen LogP contribution in [0.4, 0.5) is 0 Å². The highest BCUT2D eigenvalue weighted by atomic mass is 15.3. The normalized spacial score (nSPS) is 23.2. The lowest BCUT2D eigenvalue weighted by Gasteiger charge is -2.47. The second-order valence-electron chi connectivity index (χ2n) is 5.01. The second kappa shape index (κ2) is 5.80. The minimum atomic E-state index is 0.256. The van der Waals surface area contributed by atoms with E-state index in [4.69, 9.17) is 11.5 Å². The molecule has 1 aliphatic heterocycles. The van der Waals surface area contributed by atoms with Gasteiger partial charge in [0.25, 0.3) is 0 Å². The molecule has 1 fully saturated rings. The van der Waals surface area contributed by atoms with Gasteiger partial charge in [0.05, 0.1) is 0 Å². The highest BCUT2D eigenvalue weighted by Gasteiger charge is 2.32. The summed E-state index contributed by atoms with van der Waals surface area (Å²) < 4.78 is 0. The van der Waals surface area contributed by atoms with Crippen molar-refractivity contribution in [1.29, 1.82) is 0 Å². The summed E-state index contributed by atoms with van der Waals surface area (Å²) >= 11 is 0. The largest absolute Gasteiger partial charge is 0.330 e. The molecule has 0 aromatic heterocycles. The molecule has 0 aliphatic carbocycles. The smallest absolute Gasteiger partial charge is 0.0281 e. The molecule has 15 heavy (non-hydrogen) atoms. The molecular formula is C11H26N4. The van der Waals surface area contributed by atoms with Crippen molar-refractivity contribution in [3.05, 3.63) is 0 Å². The van der Waals surface area contributed by atoms with Crippen LogP contribution in [0.3, 0.4) is 0 Å². The molecule has 0 radical (unpaired) electrons. The van der Waals surface area contributed by atoms with E-state index in [9.17, 15) is 0 Å². The molecule has 0 atom stereocenters. The predicted molar refractivity (Wildman–Crippen MR) is 64.8 cm³/mol. The van der Waals surface area contributed by atoms with Gasteiger partial charge in [-0.15, -0.1) is 0 Å². The van der Waals surface area contributed by atoms with Crippen LogP contribution in [0.15, 0.2) is 0 Å². The quantitative estimate of drug-likeness (QED) is 0.659. The van der Waals surface area contributed by atoms with Crippen LogP contribution in [0.2, 0.25) is 0 Å². The Morgan fingerprint density at radius 3 is 2.33 bits per heavy atom. The first-order valence-electron chi connectivity index (χ1n) is 5.97. The topological polar surface area (TPSA) is 58.5 Å². The van der Waals surface area contributed by atoms with Crippen LogP contribution < -0.4 is 11.5 Å². The van der Waals surface area contributed by atoms with Gasteiger partial charge in [0.2, 0.25) is 0 Å². The first-order valence-corrected chi connectivity index (χ1v) is 5.97. The Balaban J connectivity index is 2.41. The van der Waals surface area contributed by atoms with Gasteiger partial charge < -0.3 is 16.4 Å². The molecule has 4 heteroatoms. The minimum absolute atomic E-state index is 0.256. The number of hydrogen-bond acceptors (Lipinski definition) is 4. The van der Waals surface area contributed by atoms with E-state index < -0.39 is 0 Å². The Labute approximate surface area is 93.6 Å². The zero-order chi connectivity index (χ0) is 11.3. The lowest BCUT2D eigenvalue weighted by atomic mass is 9.98. The molecule has 4 nitrogen and oxygen atoms in total. The lowest BCUT2D eigenvalue weighted by Crippen LogP contribution is -2.60. The Kier molecular flexibility index (Phi) is 4.99. The van der Waals surface area contributed by atoms with Crippen molar-refractivity contribution in [3.8, 4) is 0 Å². The van der Waals surface area contributed by atoms with Crippen molar-refractivity contribution in [3.63, 3.8) is 0 Å². The van der Waals surface area contributed by atoms with Crippen LogP contribution in [0.1, 0.15) is 20.3 Å². The maximum absolute atomic E-state index is 5.62. The zero-order valence-electron chi connectivity index (χ0n) is 10.2. The highest BCUT2D eigenvalue weighted by molar-refractivity contribution is 4.90. The average Bonchev–Trinajstić information content (AvgIpc) is 2.18. The molecule has 0 aromatic carbocycles. The molecule has 1 heterocycles. The fourth-order valence-electron chi connectivity index (χ4n) is 2.37. The summed E-state index contributed by atoms with van der Waals surface area (Å²) in [6, 6.07) is 0. The number of rotatable bonds is 5. The van der Waals surface area contributed by atoms with Crippen LogP contribution in [-0.4, -0.2) is 61.2 Å². The van der Waals surface area contributed by atoms with E-state index in [1.165, 1.54) is 0 Å². The predicted octanol–water partition coefficient (Wildman–Crippen LogP) is -0.310. The molecule has 0 bridgehead atoms. The molecule has 0 unspecified atom stereocenters. The van der Waals surface area contributed by atoms with E-state index in [0.717, 1.165) is 52.2 Å². The van der Waals surface area contributed by atoms with Gasteiger partial charge in [0.15, 0.2) is 0 Å². The number of nitrogens with zero attached hydrogens (tertiary/aromatic N) is 2. The highest BCUT2D eigenvalue weighted by Crippen LogP contribution is 2.20. The summed E-state index contributed by atoms with van der Waals surface area (Å²) in [4.78, 5) is 5.01. The molecule has 1 rings (SSSR count). The molecule has 1 aliphatic rings. The van der Waals surface area contributed by atoms with Gasteiger partial charge in [-0.2, -0.15) is 0 Å².